The van der Waals surface area contributed by atoms with E-state index in [-0.39, 0.29) is 5.54 Å². The van der Waals surface area contributed by atoms with Gasteiger partial charge in [-0.1, -0.05) is 24.3 Å². The molecule has 1 saturated carbocycles. The van der Waals surface area contributed by atoms with E-state index in [1.807, 2.05) is 13.1 Å². The topological polar surface area (TPSA) is 24.9 Å². The molecule has 76 valence electrons. The van der Waals surface area contributed by atoms with Gasteiger partial charge in [-0.15, -0.1) is 0 Å². The maximum Gasteiger partial charge on any atom is 0.0706 e. The van der Waals surface area contributed by atoms with Crippen LogP contribution >= 0.6 is 0 Å². The molecule has 0 unspecified atom stereocenters. The Morgan fingerprint density at radius 2 is 1.93 bits per heavy atom. The monoisotopic (exact) mass is 198 g/mol. The van der Waals surface area contributed by atoms with Crippen LogP contribution in [0.5, 0.6) is 0 Å². The predicted octanol–water partition coefficient (Wildman–Crippen LogP) is 2.44. The zero-order chi connectivity index (χ0) is 10.3. The largest absolute Gasteiger partial charge is 0.309 e. The molecule has 2 nitrogen and oxygen atoms in total. The van der Waals surface area contributed by atoms with Gasteiger partial charge in [-0.2, -0.15) is 0 Å². The number of hydrogen-bond acceptors (Lipinski definition) is 2. The van der Waals surface area contributed by atoms with Crippen LogP contribution in [0.3, 0.4) is 0 Å². The molecule has 1 fully saturated rings. The highest BCUT2D eigenvalue weighted by Crippen LogP contribution is 2.44. The molecule has 0 spiro atoms. The summed E-state index contributed by atoms with van der Waals surface area (Å²) in [7, 11) is 2.02. The first-order valence-electron chi connectivity index (χ1n) is 5.39. The summed E-state index contributed by atoms with van der Waals surface area (Å²) < 4.78 is 0. The van der Waals surface area contributed by atoms with Crippen molar-refractivity contribution in [3.8, 4) is 0 Å². The highest BCUT2D eigenvalue weighted by atomic mass is 15.0. The highest BCUT2D eigenvalue weighted by Gasteiger charge is 2.44. The zero-order valence-electron chi connectivity index (χ0n) is 8.83. The van der Waals surface area contributed by atoms with E-state index in [0.29, 0.717) is 0 Å². The number of nitrogens with one attached hydrogen (secondary N) is 1. The van der Waals surface area contributed by atoms with Crippen molar-refractivity contribution in [3.63, 3.8) is 0 Å². The lowest BCUT2D eigenvalue weighted by Crippen LogP contribution is -2.25. The van der Waals surface area contributed by atoms with Crippen molar-refractivity contribution >= 4 is 10.9 Å². The Labute approximate surface area is 89.3 Å². The standard InChI is InChI=1S/C13H14N2/c1-14-13(8-9-13)12-7-6-10-4-2-3-5-11(10)15-12/h2-7,14H,8-9H2,1H3. The molecule has 1 aromatic carbocycles. The lowest BCUT2D eigenvalue weighted by Gasteiger charge is -2.13. The van der Waals surface area contributed by atoms with Crippen molar-refractivity contribution in [1.82, 2.24) is 10.3 Å². The van der Waals surface area contributed by atoms with E-state index in [0.717, 1.165) is 5.52 Å². The molecule has 2 aromatic rings. The summed E-state index contributed by atoms with van der Waals surface area (Å²) in [6, 6.07) is 12.6. The fourth-order valence-electron chi connectivity index (χ4n) is 2.09. The normalized spacial score (nSPS) is 17.9. The van der Waals surface area contributed by atoms with Gasteiger partial charge in [0.15, 0.2) is 0 Å². The van der Waals surface area contributed by atoms with Gasteiger partial charge in [0.25, 0.3) is 0 Å². The minimum absolute atomic E-state index is 0.171. The fraction of sp³-hybridized carbons (Fsp3) is 0.308. The van der Waals surface area contributed by atoms with E-state index < -0.39 is 0 Å². The summed E-state index contributed by atoms with van der Waals surface area (Å²) in [5.74, 6) is 0. The Hall–Kier alpha value is -1.41. The molecule has 1 N–H and O–H groups in total. The first-order chi connectivity index (χ1) is 7.34. The average molecular weight is 198 g/mol. The Morgan fingerprint density at radius 1 is 1.13 bits per heavy atom. The molecule has 0 saturated heterocycles. The van der Waals surface area contributed by atoms with E-state index in [4.69, 9.17) is 4.98 Å². The van der Waals surface area contributed by atoms with Gasteiger partial charge >= 0.3 is 0 Å². The van der Waals surface area contributed by atoms with Crippen LogP contribution in [0.25, 0.3) is 10.9 Å². The molecule has 1 aromatic heterocycles. The minimum atomic E-state index is 0.171. The Balaban J connectivity index is 2.14. The quantitative estimate of drug-likeness (QED) is 0.801. The number of aromatic nitrogens is 1. The van der Waals surface area contributed by atoms with Crippen molar-refractivity contribution < 1.29 is 0 Å². The Morgan fingerprint density at radius 3 is 2.67 bits per heavy atom. The predicted molar refractivity (Wildman–Crippen MR) is 61.7 cm³/mol. The Bertz CT molecular complexity index is 501. The number of nitrogens with zero attached hydrogens (tertiary/aromatic N) is 1. The van der Waals surface area contributed by atoms with Crippen LogP contribution in [0, 0.1) is 0 Å². The van der Waals surface area contributed by atoms with Gasteiger partial charge in [0.2, 0.25) is 0 Å². The van der Waals surface area contributed by atoms with Crippen LogP contribution in [0.4, 0.5) is 0 Å². The molecule has 0 amide bonds. The molecule has 0 aliphatic heterocycles. The molecule has 15 heavy (non-hydrogen) atoms. The summed E-state index contributed by atoms with van der Waals surface area (Å²) in [5.41, 5.74) is 2.45. The summed E-state index contributed by atoms with van der Waals surface area (Å²) in [4.78, 5) is 4.72. The van der Waals surface area contributed by atoms with E-state index in [2.05, 4.69) is 35.6 Å². The third kappa shape index (κ3) is 1.33. The Kier molecular flexibility index (Phi) is 1.80. The third-order valence-electron chi connectivity index (χ3n) is 3.32. The highest BCUT2D eigenvalue weighted by molar-refractivity contribution is 5.78. The summed E-state index contributed by atoms with van der Waals surface area (Å²) in [6.45, 7) is 0. The lowest BCUT2D eigenvalue weighted by molar-refractivity contribution is 0.570. The second-order valence-electron chi connectivity index (χ2n) is 4.22. The second kappa shape index (κ2) is 3.04. The van der Waals surface area contributed by atoms with Crippen molar-refractivity contribution in [3.05, 3.63) is 42.1 Å². The van der Waals surface area contributed by atoms with Gasteiger partial charge in [-0.05, 0) is 32.0 Å². The van der Waals surface area contributed by atoms with Crippen LogP contribution in [0.2, 0.25) is 0 Å². The number of pyridine rings is 1. The van der Waals surface area contributed by atoms with Crippen LogP contribution < -0.4 is 5.32 Å². The molecular formula is C13H14N2. The SMILES string of the molecule is CNC1(c2ccc3ccccc3n2)CC1. The molecule has 2 heteroatoms. The van der Waals surface area contributed by atoms with Crippen molar-refractivity contribution in [2.45, 2.75) is 18.4 Å². The number of para-hydroxylation sites is 1. The smallest absolute Gasteiger partial charge is 0.0706 e. The number of fused-ring (bicyclic) bond motifs is 1. The summed E-state index contributed by atoms with van der Waals surface area (Å²) in [6.07, 6.45) is 2.41. The van der Waals surface area contributed by atoms with Gasteiger partial charge in [-0.25, -0.2) is 0 Å². The van der Waals surface area contributed by atoms with Crippen LogP contribution in [-0.4, -0.2) is 12.0 Å². The van der Waals surface area contributed by atoms with Gasteiger partial charge < -0.3 is 5.32 Å². The molecule has 1 aliphatic carbocycles. The van der Waals surface area contributed by atoms with E-state index in [1.54, 1.807) is 0 Å². The third-order valence-corrected chi connectivity index (χ3v) is 3.32. The van der Waals surface area contributed by atoms with Gasteiger partial charge in [0.1, 0.15) is 0 Å². The van der Waals surface area contributed by atoms with Gasteiger partial charge in [0, 0.05) is 5.39 Å². The van der Waals surface area contributed by atoms with Gasteiger partial charge in [-0.3, -0.25) is 4.98 Å². The van der Waals surface area contributed by atoms with Crippen molar-refractivity contribution in [2.75, 3.05) is 7.05 Å². The average Bonchev–Trinajstić information content (AvgIpc) is 3.09. The molecule has 0 bridgehead atoms. The lowest BCUT2D eigenvalue weighted by atomic mass is 10.1. The molecule has 0 radical (unpaired) electrons. The first kappa shape index (κ1) is 8.86. The van der Waals surface area contributed by atoms with E-state index in [1.165, 1.54) is 23.9 Å². The number of benzene rings is 1. The maximum absolute atomic E-state index is 4.72. The number of rotatable bonds is 2. The van der Waals surface area contributed by atoms with Crippen LogP contribution in [-0.2, 0) is 5.54 Å². The molecule has 3 rings (SSSR count). The maximum atomic E-state index is 4.72. The molecule has 1 aliphatic rings. The van der Waals surface area contributed by atoms with Gasteiger partial charge in [0.05, 0.1) is 16.7 Å². The van der Waals surface area contributed by atoms with Crippen LogP contribution in [0.15, 0.2) is 36.4 Å². The molecule has 0 atom stereocenters. The van der Waals surface area contributed by atoms with Crippen molar-refractivity contribution in [2.24, 2.45) is 0 Å². The first-order valence-corrected chi connectivity index (χ1v) is 5.39. The van der Waals surface area contributed by atoms with Crippen molar-refractivity contribution in [1.29, 1.82) is 0 Å². The molecule has 1 heterocycles. The van der Waals surface area contributed by atoms with E-state index >= 15 is 0 Å². The van der Waals surface area contributed by atoms with E-state index in [9.17, 15) is 0 Å². The molecular weight excluding hydrogens is 184 g/mol. The van der Waals surface area contributed by atoms with Crippen LogP contribution in [0.1, 0.15) is 18.5 Å². The summed E-state index contributed by atoms with van der Waals surface area (Å²) >= 11 is 0. The summed E-state index contributed by atoms with van der Waals surface area (Å²) in [5, 5.41) is 4.59. The zero-order valence-corrected chi connectivity index (χ0v) is 8.83. The number of hydrogen-bond donors (Lipinski definition) is 1. The minimum Gasteiger partial charge on any atom is -0.309 e. The fourth-order valence-corrected chi connectivity index (χ4v) is 2.09. The second-order valence-corrected chi connectivity index (χ2v) is 4.22.